The maximum Gasteiger partial charge on any atom is 0.112 e. The van der Waals surface area contributed by atoms with Crippen LogP contribution in [0.15, 0.2) is 27.0 Å². The average molecular weight is 1200 g/mol. The summed E-state index contributed by atoms with van der Waals surface area (Å²) in [5.74, 6) is 6.28. The summed E-state index contributed by atoms with van der Waals surface area (Å²) < 4.78 is 18.2. The molecule has 0 spiro atoms. The van der Waals surface area contributed by atoms with Gasteiger partial charge in [-0.3, -0.25) is 0 Å². The average Bonchev–Trinajstić information content (AvgIpc) is 4.08. The topological polar surface area (TPSA) is 26.3 Å². The Labute approximate surface area is 485 Å². The summed E-state index contributed by atoms with van der Waals surface area (Å²) in [6.07, 6.45) is 0. The van der Waals surface area contributed by atoms with Crippen molar-refractivity contribution in [3.63, 3.8) is 0 Å². The molecule has 0 aromatic carbocycles. The molecule has 6 aromatic rings. The fraction of sp³-hybridized carbons (Fsp3) is 0.652. The molecular formula is C69H114O2S2Se2. The van der Waals surface area contributed by atoms with Crippen molar-refractivity contribution in [2.45, 2.75) is 299 Å². The molecule has 0 fully saturated rings. The Balaban J connectivity index is 0.000000450. The van der Waals surface area contributed by atoms with Gasteiger partial charge in [-0.2, -0.15) is 0 Å². The first-order chi connectivity index (χ1) is 33.5. The molecule has 75 heavy (non-hydrogen) atoms. The Morgan fingerprint density at radius 1 is 0.373 bits per heavy atom. The van der Waals surface area contributed by atoms with E-state index in [0.29, 0.717) is 62.5 Å². The number of hydrogen-bond acceptors (Lipinski definition) is 4. The summed E-state index contributed by atoms with van der Waals surface area (Å²) >= 11 is 5.18. The maximum atomic E-state index is 5.84. The van der Waals surface area contributed by atoms with Gasteiger partial charge in [0.1, 0.15) is 23.0 Å². The number of rotatable bonds is 3. The molecule has 0 aliphatic heterocycles. The predicted molar refractivity (Wildman–Crippen MR) is 344 cm³/mol. The first-order valence-corrected chi connectivity index (χ1v) is 33.1. The zero-order valence-corrected chi connectivity index (χ0v) is 60.5. The maximum absolute atomic E-state index is 5.84. The monoisotopic (exact) mass is 1200 g/mol. The van der Waals surface area contributed by atoms with Crippen LogP contribution >= 0.6 is 22.7 Å². The molecule has 6 rings (SSSR count). The second-order valence-electron chi connectivity index (χ2n) is 28.7. The van der Waals surface area contributed by atoms with Crippen LogP contribution in [0.25, 0.3) is 0 Å². The minimum Gasteiger partial charge on any atom is -0.465 e. The molecular weight excluding hydrogens is 1080 g/mol. The first kappa shape index (κ1) is 71.0. The minimum absolute atomic E-state index is 0.122. The fourth-order valence-corrected chi connectivity index (χ4v) is 16.6. The molecule has 0 aliphatic carbocycles. The Bertz CT molecular complexity index is 2400. The van der Waals surface area contributed by atoms with Crippen molar-refractivity contribution >= 4 is 51.7 Å². The molecule has 6 heteroatoms. The summed E-state index contributed by atoms with van der Waals surface area (Å²) in [4.78, 5) is 6.06. The summed E-state index contributed by atoms with van der Waals surface area (Å²) in [6.45, 7) is 80.5. The summed E-state index contributed by atoms with van der Waals surface area (Å²) in [7, 11) is 0. The molecule has 0 saturated carbocycles. The molecule has 2 nitrogen and oxygen atoms in total. The molecule has 0 unspecified atom stereocenters. The van der Waals surface area contributed by atoms with E-state index in [4.69, 9.17) is 8.83 Å². The van der Waals surface area contributed by atoms with Crippen molar-refractivity contribution in [3.05, 3.63) is 129 Å². The van der Waals surface area contributed by atoms with E-state index >= 15 is 0 Å². The van der Waals surface area contributed by atoms with E-state index in [-0.39, 0.29) is 10.8 Å². The van der Waals surface area contributed by atoms with Crippen molar-refractivity contribution < 1.29 is 8.83 Å². The zero-order chi connectivity index (χ0) is 59.2. The first-order valence-electron chi connectivity index (χ1n) is 28.0. The quantitative estimate of drug-likeness (QED) is 0.165. The molecule has 6 aromatic heterocycles. The molecule has 0 atom stereocenters. The second-order valence-corrected chi connectivity index (χ2v) is 35.8. The molecule has 6 heterocycles. The van der Waals surface area contributed by atoms with Gasteiger partial charge < -0.3 is 8.83 Å². The molecule has 0 radical (unpaired) electrons. The summed E-state index contributed by atoms with van der Waals surface area (Å²) in [5, 5.41) is 0. The standard InChI is InChI=1S/C12H20O.C12H20S.C12H20Se.C11H18O.C11H18S.C11H18Se/c3*1-8(2)10-7-9(3)11(13-10)12(4,5)6;3*1-7-8(2)10(11(4,5)6)12-9(7)3/h3*7-8H,1-6H3;3*1-6H3. The van der Waals surface area contributed by atoms with E-state index in [1.165, 1.54) is 58.5 Å². The number of aryl methyl sites for hydroxylation is 6. The fourth-order valence-electron chi connectivity index (χ4n) is 8.98. The smallest absolute Gasteiger partial charge is 0.112 e. The van der Waals surface area contributed by atoms with E-state index in [2.05, 4.69) is 261 Å². The molecule has 0 N–H and O–H groups in total. The minimum atomic E-state index is 0.122. The van der Waals surface area contributed by atoms with Gasteiger partial charge in [0.2, 0.25) is 0 Å². The van der Waals surface area contributed by atoms with Crippen LogP contribution in [0.1, 0.15) is 294 Å². The number of thiophene rings is 2. The van der Waals surface area contributed by atoms with Crippen molar-refractivity contribution in [2.75, 3.05) is 0 Å². The summed E-state index contributed by atoms with van der Waals surface area (Å²) in [6, 6.07) is 6.91. The van der Waals surface area contributed by atoms with Crippen molar-refractivity contribution in [3.8, 4) is 0 Å². The third-order valence-electron chi connectivity index (χ3n) is 13.7. The van der Waals surface area contributed by atoms with Gasteiger partial charge in [0.15, 0.2) is 0 Å². The molecule has 0 aliphatic rings. The third-order valence-corrected chi connectivity index (χ3v) is 25.1. The normalized spacial score (nSPS) is 12.4. The van der Waals surface area contributed by atoms with E-state index < -0.39 is 0 Å². The predicted octanol–water partition coefficient (Wildman–Crippen LogP) is 22.4. The number of furan rings is 2. The van der Waals surface area contributed by atoms with Crippen molar-refractivity contribution in [2.24, 2.45) is 0 Å². The van der Waals surface area contributed by atoms with Crippen LogP contribution in [-0.4, -0.2) is 29.0 Å². The van der Waals surface area contributed by atoms with Crippen LogP contribution in [0.4, 0.5) is 0 Å². The zero-order valence-electron chi connectivity index (χ0n) is 55.4. The summed E-state index contributed by atoms with van der Waals surface area (Å²) in [5.41, 5.74) is 14.5. The molecule has 0 bridgehead atoms. The van der Waals surface area contributed by atoms with Crippen LogP contribution in [0.5, 0.6) is 0 Å². The van der Waals surface area contributed by atoms with E-state index in [0.717, 1.165) is 29.0 Å². The van der Waals surface area contributed by atoms with Crippen molar-refractivity contribution in [1.82, 2.24) is 0 Å². The van der Waals surface area contributed by atoms with Crippen LogP contribution in [0.3, 0.4) is 0 Å². The Kier molecular flexibility index (Phi) is 25.9. The van der Waals surface area contributed by atoms with Gasteiger partial charge >= 0.3 is 169 Å². The van der Waals surface area contributed by atoms with Gasteiger partial charge in [-0.05, 0) is 118 Å². The van der Waals surface area contributed by atoms with E-state index in [1.807, 2.05) is 29.6 Å². The van der Waals surface area contributed by atoms with Crippen LogP contribution in [-0.2, 0) is 32.5 Å². The Hall–Kier alpha value is -2.04. The molecule has 0 saturated heterocycles. The van der Waals surface area contributed by atoms with Crippen LogP contribution < -0.4 is 0 Å². The van der Waals surface area contributed by atoms with Gasteiger partial charge in [-0.15, -0.1) is 22.7 Å². The van der Waals surface area contributed by atoms with Crippen molar-refractivity contribution in [1.29, 1.82) is 0 Å². The van der Waals surface area contributed by atoms with Gasteiger partial charge in [0.05, 0.1) is 0 Å². The Morgan fingerprint density at radius 3 is 1.05 bits per heavy atom. The van der Waals surface area contributed by atoms with Gasteiger partial charge in [0.25, 0.3) is 0 Å². The molecule has 0 amide bonds. The number of hydrogen-bond donors (Lipinski definition) is 0. The van der Waals surface area contributed by atoms with Crippen LogP contribution in [0.2, 0.25) is 0 Å². The largest absolute Gasteiger partial charge is 0.465 e. The van der Waals surface area contributed by atoms with Crippen LogP contribution in [0, 0.1) is 83.1 Å². The van der Waals surface area contributed by atoms with E-state index in [1.54, 1.807) is 28.9 Å². The SMILES string of the molecule is Cc1[se]c(C(C)(C)C)c(C)c1C.Cc1cc(C(C)C)[se]c1C(C)(C)C.Cc1cc(C(C)C)oc1C(C)(C)C.Cc1cc(C(C)C)sc1C(C)(C)C.Cc1oc(C(C)(C)C)c(C)c1C.Cc1sc(C(C)(C)C)c(C)c1C. The van der Waals surface area contributed by atoms with E-state index in [9.17, 15) is 0 Å². The second kappa shape index (κ2) is 27.4. The van der Waals surface area contributed by atoms with Gasteiger partial charge in [-0.1, -0.05) is 111 Å². The Morgan fingerprint density at radius 2 is 0.853 bits per heavy atom. The van der Waals surface area contributed by atoms with Gasteiger partial charge in [0, 0.05) is 36.3 Å². The third kappa shape index (κ3) is 20.9. The van der Waals surface area contributed by atoms with Gasteiger partial charge in [-0.25, -0.2) is 0 Å². The molecule has 426 valence electrons.